The highest BCUT2D eigenvalue weighted by atomic mass is 35.5. The van der Waals surface area contributed by atoms with Crippen molar-refractivity contribution in [1.29, 1.82) is 0 Å². The van der Waals surface area contributed by atoms with E-state index in [-0.39, 0.29) is 36.2 Å². The predicted octanol–water partition coefficient (Wildman–Crippen LogP) is 4.78. The molecule has 2 fully saturated rings. The summed E-state index contributed by atoms with van der Waals surface area (Å²) in [5.74, 6) is -4.80. The first-order chi connectivity index (χ1) is 18.7. The van der Waals surface area contributed by atoms with Crippen LogP contribution < -0.4 is 10.6 Å². The lowest BCUT2D eigenvalue weighted by atomic mass is 9.79. The lowest BCUT2D eigenvalue weighted by Gasteiger charge is -2.42. The summed E-state index contributed by atoms with van der Waals surface area (Å²) in [5, 5.41) is 6.87. The van der Waals surface area contributed by atoms with Crippen LogP contribution in [0.25, 0.3) is 11.0 Å². The number of nitrogens with zero attached hydrogens (tertiary/aromatic N) is 2. The molecule has 0 radical (unpaired) electrons. The van der Waals surface area contributed by atoms with Crippen molar-refractivity contribution < 1.29 is 23.1 Å². The number of benzene rings is 2. The van der Waals surface area contributed by atoms with Gasteiger partial charge in [-0.05, 0) is 42.7 Å². The van der Waals surface area contributed by atoms with Gasteiger partial charge in [0.25, 0.3) is 5.91 Å². The fourth-order valence-electron chi connectivity index (χ4n) is 6.53. The van der Waals surface area contributed by atoms with Gasteiger partial charge in [-0.2, -0.15) is 0 Å². The molecular weight excluding hydrogens is 528 g/mol. The largest absolute Gasteiger partial charge is 0.383 e. The van der Waals surface area contributed by atoms with Crippen molar-refractivity contribution in [3.05, 3.63) is 58.9 Å². The topological polar surface area (TPSA) is 99.3 Å². The molecule has 0 bridgehead atoms. The molecule has 2 amide bonds. The number of carbonyl (C=O) groups is 2. The maximum Gasteiger partial charge on any atom is 0.287 e. The minimum Gasteiger partial charge on any atom is -0.383 e. The van der Waals surface area contributed by atoms with E-state index in [2.05, 4.69) is 20.6 Å². The standard InChI is InChI=1S/C28H30ClF2N5O3/c1-39-14-23-17-9-11-36(24(17)16-4-2-3-5-19(16)32-23)27(38)18-13-28(30,31)10-8-20(18)35-26(37)25-33-21-7-6-15(29)12-22(21)34-25/h2-7,12,17-18,20,23-24,32H,8-11,13-14H2,1H3,(H,33,34)(H,35,37)/t17-,18+,20-,23+,24+/m1/s1. The Morgan fingerprint density at radius 1 is 1.23 bits per heavy atom. The van der Waals surface area contributed by atoms with E-state index in [0.29, 0.717) is 29.2 Å². The Morgan fingerprint density at radius 2 is 2.05 bits per heavy atom. The van der Waals surface area contributed by atoms with Gasteiger partial charge in [0.05, 0.1) is 35.6 Å². The number of H-pyrrole nitrogens is 1. The number of ether oxygens (including phenoxy) is 1. The highest BCUT2D eigenvalue weighted by molar-refractivity contribution is 6.31. The van der Waals surface area contributed by atoms with Crippen molar-refractivity contribution >= 4 is 40.1 Å². The van der Waals surface area contributed by atoms with Crippen LogP contribution in [0, 0.1) is 11.8 Å². The second kappa shape index (κ2) is 10.1. The number of nitrogens with one attached hydrogen (secondary N) is 3. The number of carbonyl (C=O) groups excluding carboxylic acids is 2. The average Bonchev–Trinajstić information content (AvgIpc) is 3.54. The SMILES string of the molecule is COC[C@@H]1Nc2ccccc2[C@H]2[C@@H]1CCN2C(=O)[C@H]1CC(F)(F)CC[C@H]1NC(=O)c1nc2ccc(Cl)cc2[nH]1. The van der Waals surface area contributed by atoms with Crippen molar-refractivity contribution in [1.82, 2.24) is 20.2 Å². The third-order valence-corrected chi connectivity index (χ3v) is 8.56. The molecule has 2 aliphatic heterocycles. The summed E-state index contributed by atoms with van der Waals surface area (Å²) in [6.45, 7) is 0.928. The van der Waals surface area contributed by atoms with Gasteiger partial charge in [0.1, 0.15) is 0 Å². The molecule has 8 nitrogen and oxygen atoms in total. The Hall–Kier alpha value is -3.24. The molecule has 5 atom stereocenters. The van der Waals surface area contributed by atoms with E-state index in [1.54, 1.807) is 30.2 Å². The second-order valence-corrected chi connectivity index (χ2v) is 11.2. The third-order valence-electron chi connectivity index (χ3n) is 8.33. The van der Waals surface area contributed by atoms with Crippen LogP contribution in [0.1, 0.15) is 47.9 Å². The number of aromatic nitrogens is 2. The van der Waals surface area contributed by atoms with Crippen molar-refractivity contribution in [2.24, 2.45) is 11.8 Å². The molecule has 0 spiro atoms. The van der Waals surface area contributed by atoms with Crippen LogP contribution >= 0.6 is 11.6 Å². The summed E-state index contributed by atoms with van der Waals surface area (Å²) >= 11 is 6.04. The fourth-order valence-corrected chi connectivity index (χ4v) is 6.70. The summed E-state index contributed by atoms with van der Waals surface area (Å²) in [6, 6.07) is 11.8. The lowest BCUT2D eigenvalue weighted by molar-refractivity contribution is -0.146. The third kappa shape index (κ3) is 4.84. The van der Waals surface area contributed by atoms with E-state index in [1.807, 2.05) is 24.3 Å². The minimum atomic E-state index is -2.98. The van der Waals surface area contributed by atoms with Crippen LogP contribution in [0.5, 0.6) is 0 Å². The second-order valence-electron chi connectivity index (χ2n) is 10.8. The molecule has 1 aliphatic carbocycles. The molecule has 0 unspecified atom stereocenters. The molecule has 1 saturated carbocycles. The fraction of sp³-hybridized carbons (Fsp3) is 0.464. The van der Waals surface area contributed by atoms with Crippen molar-refractivity contribution in [3.8, 4) is 0 Å². The van der Waals surface area contributed by atoms with Crippen LogP contribution in [0.3, 0.4) is 0 Å². The Bertz CT molecular complexity index is 1410. The van der Waals surface area contributed by atoms with Gasteiger partial charge in [-0.15, -0.1) is 0 Å². The number of para-hydroxylation sites is 1. The number of amides is 2. The first-order valence-electron chi connectivity index (χ1n) is 13.2. The number of aromatic amines is 1. The number of fused-ring (bicyclic) bond motifs is 4. The van der Waals surface area contributed by atoms with E-state index in [4.69, 9.17) is 16.3 Å². The molecule has 3 aliphatic rings. The van der Waals surface area contributed by atoms with Gasteiger partial charge in [0.2, 0.25) is 11.8 Å². The number of rotatable bonds is 5. The Balaban J connectivity index is 1.27. The van der Waals surface area contributed by atoms with Gasteiger partial charge in [-0.3, -0.25) is 9.59 Å². The van der Waals surface area contributed by atoms with Crippen molar-refractivity contribution in [2.75, 3.05) is 25.6 Å². The maximum atomic E-state index is 14.7. The number of hydrogen-bond acceptors (Lipinski definition) is 5. The van der Waals surface area contributed by atoms with Crippen LogP contribution in [-0.4, -0.2) is 64.9 Å². The molecule has 3 aromatic rings. The van der Waals surface area contributed by atoms with Gasteiger partial charge in [0, 0.05) is 49.2 Å². The highest BCUT2D eigenvalue weighted by Crippen LogP contribution is 2.48. The minimum absolute atomic E-state index is 0.00224. The molecule has 39 heavy (non-hydrogen) atoms. The van der Waals surface area contributed by atoms with Crippen molar-refractivity contribution in [2.45, 2.75) is 49.7 Å². The van der Waals surface area contributed by atoms with E-state index >= 15 is 0 Å². The summed E-state index contributed by atoms with van der Waals surface area (Å²) in [5.41, 5.74) is 3.05. The Kier molecular flexibility index (Phi) is 6.71. The molecule has 1 saturated heterocycles. The van der Waals surface area contributed by atoms with Gasteiger partial charge >= 0.3 is 0 Å². The van der Waals surface area contributed by atoms with E-state index in [1.165, 1.54) is 0 Å². The number of likely N-dealkylation sites (tertiary alicyclic amines) is 1. The van der Waals surface area contributed by atoms with Crippen LogP contribution in [-0.2, 0) is 9.53 Å². The van der Waals surface area contributed by atoms with E-state index in [0.717, 1.165) is 17.7 Å². The Morgan fingerprint density at radius 3 is 2.87 bits per heavy atom. The summed E-state index contributed by atoms with van der Waals surface area (Å²) in [6.07, 6.45) is -0.283. The van der Waals surface area contributed by atoms with Gasteiger partial charge in [0.15, 0.2) is 5.82 Å². The Labute approximate surface area is 229 Å². The number of alkyl halides is 2. The summed E-state index contributed by atoms with van der Waals surface area (Å²) in [7, 11) is 1.64. The quantitative estimate of drug-likeness (QED) is 0.419. The normalized spacial score (nSPS) is 27.5. The monoisotopic (exact) mass is 557 g/mol. The highest BCUT2D eigenvalue weighted by Gasteiger charge is 2.51. The summed E-state index contributed by atoms with van der Waals surface area (Å²) in [4.78, 5) is 36.2. The van der Waals surface area contributed by atoms with Crippen LogP contribution in [0.2, 0.25) is 5.02 Å². The molecule has 3 heterocycles. The average molecular weight is 558 g/mol. The molecule has 2 aromatic carbocycles. The summed E-state index contributed by atoms with van der Waals surface area (Å²) < 4.78 is 34.9. The predicted molar refractivity (Wildman–Crippen MR) is 143 cm³/mol. The molecule has 3 N–H and O–H groups in total. The zero-order chi connectivity index (χ0) is 27.3. The smallest absolute Gasteiger partial charge is 0.287 e. The molecular formula is C28H30ClF2N5O3. The molecule has 206 valence electrons. The molecule has 11 heteroatoms. The first-order valence-corrected chi connectivity index (χ1v) is 13.6. The maximum absolute atomic E-state index is 14.7. The number of imidazole rings is 1. The first kappa shape index (κ1) is 26.0. The zero-order valence-electron chi connectivity index (χ0n) is 21.4. The zero-order valence-corrected chi connectivity index (χ0v) is 22.2. The number of anilines is 1. The molecule has 6 rings (SSSR count). The van der Waals surface area contributed by atoms with Crippen molar-refractivity contribution in [3.63, 3.8) is 0 Å². The number of halogens is 3. The van der Waals surface area contributed by atoms with Gasteiger partial charge in [-0.25, -0.2) is 13.8 Å². The van der Waals surface area contributed by atoms with Gasteiger partial charge < -0.3 is 25.3 Å². The van der Waals surface area contributed by atoms with Crippen LogP contribution in [0.4, 0.5) is 14.5 Å². The molecule has 1 aromatic heterocycles. The number of methoxy groups -OCH3 is 1. The van der Waals surface area contributed by atoms with E-state index in [9.17, 15) is 18.4 Å². The van der Waals surface area contributed by atoms with E-state index < -0.39 is 36.6 Å². The lowest BCUT2D eigenvalue weighted by Crippen LogP contribution is -2.53. The number of hydrogen-bond donors (Lipinski definition) is 3. The van der Waals surface area contributed by atoms with Gasteiger partial charge in [-0.1, -0.05) is 29.8 Å². The van der Waals surface area contributed by atoms with Crippen LogP contribution in [0.15, 0.2) is 42.5 Å².